The van der Waals surface area contributed by atoms with Gasteiger partial charge in [0.1, 0.15) is 12.4 Å². The Kier molecular flexibility index (Phi) is 3.69. The first-order valence-corrected chi connectivity index (χ1v) is 5.67. The number of aryl methyl sites for hydroxylation is 2. The van der Waals surface area contributed by atoms with Crippen LogP contribution in [0, 0.1) is 25.5 Å². The maximum atomic E-state index is 13.6. The number of carbonyl (C=O) groups is 1. The van der Waals surface area contributed by atoms with Gasteiger partial charge in [-0.05, 0) is 26.0 Å². The average Bonchev–Trinajstić information content (AvgIpc) is 2.71. The number of rotatable bonds is 4. The highest BCUT2D eigenvalue weighted by Gasteiger charge is 2.19. The Morgan fingerprint density at radius 2 is 2.05 bits per heavy atom. The molecule has 0 radical (unpaired) electrons. The van der Waals surface area contributed by atoms with Crippen LogP contribution in [0.1, 0.15) is 27.4 Å². The van der Waals surface area contributed by atoms with Gasteiger partial charge in [0.05, 0.1) is 16.8 Å². The number of hydrogen-bond acceptors (Lipinski definition) is 4. The lowest BCUT2D eigenvalue weighted by molar-refractivity contribution is 0.0690. The first kappa shape index (κ1) is 14.0. The van der Waals surface area contributed by atoms with Crippen molar-refractivity contribution in [3.8, 4) is 5.75 Å². The molecule has 7 heteroatoms. The summed E-state index contributed by atoms with van der Waals surface area (Å²) in [5.41, 5.74) is 0.477. The maximum absolute atomic E-state index is 13.6. The third-order valence-corrected chi connectivity index (χ3v) is 2.83. The zero-order chi connectivity index (χ0) is 14.9. The van der Waals surface area contributed by atoms with Gasteiger partial charge >= 0.3 is 5.97 Å². The minimum absolute atomic E-state index is 0.0516. The zero-order valence-corrected chi connectivity index (χ0v) is 10.7. The van der Waals surface area contributed by atoms with Crippen LogP contribution < -0.4 is 4.74 Å². The van der Waals surface area contributed by atoms with Crippen molar-refractivity contribution >= 4 is 5.97 Å². The molecular formula is C13H11F2NO4. The van der Waals surface area contributed by atoms with E-state index in [1.165, 1.54) is 0 Å². The number of ether oxygens (including phenoxy) is 1. The van der Waals surface area contributed by atoms with Gasteiger partial charge in [-0.2, -0.15) is 4.39 Å². The van der Waals surface area contributed by atoms with Crippen LogP contribution in [0.15, 0.2) is 16.7 Å². The van der Waals surface area contributed by atoms with E-state index in [-0.39, 0.29) is 12.4 Å². The highest BCUT2D eigenvalue weighted by atomic mass is 19.2. The van der Waals surface area contributed by atoms with E-state index in [2.05, 4.69) is 5.16 Å². The Balaban J connectivity index is 2.23. The Morgan fingerprint density at radius 3 is 2.60 bits per heavy atom. The molecular weight excluding hydrogens is 272 g/mol. The molecule has 2 aromatic rings. The van der Waals surface area contributed by atoms with Crippen molar-refractivity contribution in [1.29, 1.82) is 0 Å². The highest BCUT2D eigenvalue weighted by Crippen LogP contribution is 2.24. The summed E-state index contributed by atoms with van der Waals surface area (Å²) in [6, 6.07) is 2.02. The zero-order valence-electron chi connectivity index (χ0n) is 10.7. The number of aromatic carboxylic acids is 1. The molecule has 5 nitrogen and oxygen atoms in total. The van der Waals surface area contributed by atoms with Crippen molar-refractivity contribution in [2.24, 2.45) is 0 Å². The molecule has 0 aliphatic rings. The highest BCUT2D eigenvalue weighted by molar-refractivity contribution is 5.88. The Morgan fingerprint density at radius 1 is 1.35 bits per heavy atom. The molecule has 0 aliphatic carbocycles. The topological polar surface area (TPSA) is 72.6 Å². The van der Waals surface area contributed by atoms with Crippen LogP contribution in [-0.4, -0.2) is 16.2 Å². The summed E-state index contributed by atoms with van der Waals surface area (Å²) in [5.74, 6) is -4.18. The second kappa shape index (κ2) is 5.28. The van der Waals surface area contributed by atoms with Gasteiger partial charge in [-0.25, -0.2) is 9.18 Å². The first-order chi connectivity index (χ1) is 9.41. The second-order valence-corrected chi connectivity index (χ2v) is 4.14. The van der Waals surface area contributed by atoms with E-state index in [0.717, 1.165) is 12.1 Å². The van der Waals surface area contributed by atoms with Crippen molar-refractivity contribution < 1.29 is 27.9 Å². The Hall–Kier alpha value is -2.44. The number of carboxylic acid groups (broad SMARTS) is 1. The monoisotopic (exact) mass is 283 g/mol. The molecule has 0 bridgehead atoms. The van der Waals surface area contributed by atoms with E-state index in [1.54, 1.807) is 13.8 Å². The molecule has 20 heavy (non-hydrogen) atoms. The van der Waals surface area contributed by atoms with Crippen LogP contribution in [-0.2, 0) is 6.61 Å². The summed E-state index contributed by atoms with van der Waals surface area (Å²) in [5, 5.41) is 12.4. The Bertz CT molecular complexity index is 647. The van der Waals surface area contributed by atoms with E-state index in [1.807, 2.05) is 0 Å². The van der Waals surface area contributed by atoms with E-state index in [0.29, 0.717) is 17.0 Å². The van der Waals surface area contributed by atoms with Crippen LogP contribution in [0.4, 0.5) is 8.78 Å². The van der Waals surface area contributed by atoms with Crippen molar-refractivity contribution in [3.05, 3.63) is 46.3 Å². The number of benzene rings is 1. The first-order valence-electron chi connectivity index (χ1n) is 5.67. The van der Waals surface area contributed by atoms with Gasteiger partial charge in [0.15, 0.2) is 11.6 Å². The summed E-state index contributed by atoms with van der Waals surface area (Å²) in [6.07, 6.45) is 0. The van der Waals surface area contributed by atoms with Gasteiger partial charge in [0, 0.05) is 0 Å². The molecule has 2 rings (SSSR count). The van der Waals surface area contributed by atoms with Gasteiger partial charge in [0.2, 0.25) is 5.82 Å². The molecule has 1 aromatic heterocycles. The number of carboxylic acids is 1. The maximum Gasteiger partial charge on any atom is 0.338 e. The fourth-order valence-electron chi connectivity index (χ4n) is 1.67. The predicted octanol–water partition coefficient (Wildman–Crippen LogP) is 2.85. The van der Waals surface area contributed by atoms with Crippen molar-refractivity contribution in [2.75, 3.05) is 0 Å². The lowest BCUT2D eigenvalue weighted by Crippen LogP contribution is -2.06. The molecule has 1 aromatic carbocycles. The second-order valence-electron chi connectivity index (χ2n) is 4.14. The number of hydrogen-bond donors (Lipinski definition) is 1. The summed E-state index contributed by atoms with van der Waals surface area (Å²) < 4.78 is 37.2. The molecule has 0 spiro atoms. The van der Waals surface area contributed by atoms with E-state index in [4.69, 9.17) is 14.4 Å². The van der Waals surface area contributed by atoms with Crippen LogP contribution in [0.5, 0.6) is 5.75 Å². The van der Waals surface area contributed by atoms with Crippen molar-refractivity contribution in [3.63, 3.8) is 0 Å². The molecule has 0 amide bonds. The molecule has 0 saturated heterocycles. The van der Waals surface area contributed by atoms with Crippen molar-refractivity contribution in [1.82, 2.24) is 5.16 Å². The molecule has 1 heterocycles. The van der Waals surface area contributed by atoms with Crippen LogP contribution >= 0.6 is 0 Å². The van der Waals surface area contributed by atoms with Gasteiger partial charge < -0.3 is 14.4 Å². The summed E-state index contributed by atoms with van der Waals surface area (Å²) in [7, 11) is 0. The minimum atomic E-state index is -1.54. The largest absolute Gasteiger partial charge is 0.486 e. The number of halogens is 2. The Labute approximate surface area is 112 Å². The fourth-order valence-corrected chi connectivity index (χ4v) is 1.67. The smallest absolute Gasteiger partial charge is 0.338 e. The summed E-state index contributed by atoms with van der Waals surface area (Å²) >= 11 is 0. The molecule has 1 N–H and O–H groups in total. The van der Waals surface area contributed by atoms with Gasteiger partial charge in [0.25, 0.3) is 0 Å². The number of nitrogens with zero attached hydrogens (tertiary/aromatic N) is 1. The predicted molar refractivity (Wildman–Crippen MR) is 63.6 cm³/mol. The van der Waals surface area contributed by atoms with Gasteiger partial charge in [-0.1, -0.05) is 5.16 Å². The summed E-state index contributed by atoms with van der Waals surface area (Å²) in [4.78, 5) is 10.7. The van der Waals surface area contributed by atoms with Crippen LogP contribution in [0.25, 0.3) is 0 Å². The molecule has 0 aliphatic heterocycles. The molecule has 0 fully saturated rings. The third-order valence-electron chi connectivity index (χ3n) is 2.83. The fraction of sp³-hybridized carbons (Fsp3) is 0.231. The normalized spacial score (nSPS) is 10.6. The summed E-state index contributed by atoms with van der Waals surface area (Å²) in [6.45, 7) is 3.31. The third kappa shape index (κ3) is 2.47. The van der Waals surface area contributed by atoms with Crippen LogP contribution in [0.3, 0.4) is 0 Å². The molecule has 0 unspecified atom stereocenters. The number of aromatic nitrogens is 1. The quantitative estimate of drug-likeness (QED) is 0.934. The van der Waals surface area contributed by atoms with Crippen molar-refractivity contribution in [2.45, 2.75) is 20.5 Å². The van der Waals surface area contributed by atoms with Gasteiger partial charge in [-0.3, -0.25) is 0 Å². The molecule has 106 valence electrons. The van der Waals surface area contributed by atoms with Gasteiger partial charge in [-0.15, -0.1) is 0 Å². The lowest BCUT2D eigenvalue weighted by Gasteiger charge is -2.08. The van der Waals surface area contributed by atoms with E-state index < -0.39 is 23.2 Å². The lowest BCUT2D eigenvalue weighted by atomic mass is 10.2. The molecule has 0 atom stereocenters. The van der Waals surface area contributed by atoms with E-state index >= 15 is 0 Å². The minimum Gasteiger partial charge on any atom is -0.486 e. The average molecular weight is 283 g/mol. The standard InChI is InChI=1S/C13H11F2NO4/c1-6-9(7(2)20-16-6)5-19-10-4-3-8(13(17)18)11(14)12(10)15/h3-4H,5H2,1-2H3,(H,17,18). The van der Waals surface area contributed by atoms with Crippen LogP contribution in [0.2, 0.25) is 0 Å². The SMILES string of the molecule is Cc1noc(C)c1COc1ccc(C(=O)O)c(F)c1F. The molecule has 0 saturated carbocycles. The van der Waals surface area contributed by atoms with E-state index in [9.17, 15) is 13.6 Å².